The Morgan fingerprint density at radius 3 is 2.50 bits per heavy atom. The van der Waals surface area contributed by atoms with Crippen molar-refractivity contribution < 1.29 is 9.53 Å². The van der Waals surface area contributed by atoms with Crippen LogP contribution in [0.2, 0.25) is 0 Å². The highest BCUT2D eigenvalue weighted by Crippen LogP contribution is 2.24. The maximum Gasteiger partial charge on any atom is 0.274 e. The van der Waals surface area contributed by atoms with E-state index in [0.29, 0.717) is 18.2 Å². The summed E-state index contributed by atoms with van der Waals surface area (Å²) >= 11 is 0. The summed E-state index contributed by atoms with van der Waals surface area (Å²) in [4.78, 5) is 16.9. The Morgan fingerprint density at radius 1 is 1.04 bits per heavy atom. The van der Waals surface area contributed by atoms with Gasteiger partial charge in [-0.25, -0.2) is 4.98 Å². The number of hydrogen-bond acceptors (Lipinski definition) is 4. The molecule has 0 spiro atoms. The molecule has 0 saturated carbocycles. The minimum Gasteiger partial charge on any atom is -0.496 e. The SMILES string of the molecule is COc1ccccc1CNc1ccc(C(=O)Nc2ccccc2C(C)C)nc1. The van der Waals surface area contributed by atoms with Crippen molar-refractivity contribution >= 4 is 17.3 Å². The number of carbonyl (C=O) groups is 1. The highest BCUT2D eigenvalue weighted by atomic mass is 16.5. The van der Waals surface area contributed by atoms with Crippen LogP contribution in [0.4, 0.5) is 11.4 Å². The van der Waals surface area contributed by atoms with Crippen molar-refractivity contribution in [1.82, 2.24) is 4.98 Å². The van der Waals surface area contributed by atoms with E-state index < -0.39 is 0 Å². The fraction of sp³-hybridized carbons (Fsp3) is 0.217. The third-order valence-electron chi connectivity index (χ3n) is 4.50. The van der Waals surface area contributed by atoms with Gasteiger partial charge in [-0.05, 0) is 35.7 Å². The molecular formula is C23H25N3O2. The number of aromatic nitrogens is 1. The van der Waals surface area contributed by atoms with E-state index in [9.17, 15) is 4.79 Å². The molecule has 2 N–H and O–H groups in total. The quantitative estimate of drug-likeness (QED) is 0.605. The topological polar surface area (TPSA) is 63.2 Å². The van der Waals surface area contributed by atoms with Crippen LogP contribution >= 0.6 is 0 Å². The van der Waals surface area contributed by atoms with Crippen molar-refractivity contribution in [1.29, 1.82) is 0 Å². The van der Waals surface area contributed by atoms with Crippen molar-refractivity contribution in [2.24, 2.45) is 0 Å². The summed E-state index contributed by atoms with van der Waals surface area (Å²) in [5.41, 5.74) is 4.19. The first kappa shape index (κ1) is 19.4. The maximum absolute atomic E-state index is 12.6. The zero-order valence-electron chi connectivity index (χ0n) is 16.4. The number of benzene rings is 2. The van der Waals surface area contributed by atoms with E-state index in [2.05, 4.69) is 29.5 Å². The van der Waals surface area contributed by atoms with E-state index in [1.807, 2.05) is 54.6 Å². The Morgan fingerprint density at radius 2 is 1.79 bits per heavy atom. The molecule has 1 amide bonds. The lowest BCUT2D eigenvalue weighted by Crippen LogP contribution is -2.15. The monoisotopic (exact) mass is 375 g/mol. The highest BCUT2D eigenvalue weighted by Gasteiger charge is 2.12. The van der Waals surface area contributed by atoms with Crippen molar-refractivity contribution in [3.8, 4) is 5.75 Å². The van der Waals surface area contributed by atoms with Crippen LogP contribution in [0.25, 0.3) is 0 Å². The Bertz CT molecular complexity index is 937. The summed E-state index contributed by atoms with van der Waals surface area (Å²) in [5.74, 6) is 0.943. The summed E-state index contributed by atoms with van der Waals surface area (Å²) in [7, 11) is 1.66. The van der Waals surface area contributed by atoms with Gasteiger partial charge >= 0.3 is 0 Å². The zero-order chi connectivity index (χ0) is 19.9. The number of ether oxygens (including phenoxy) is 1. The zero-order valence-corrected chi connectivity index (χ0v) is 16.4. The van der Waals surface area contributed by atoms with Gasteiger partial charge in [0.05, 0.1) is 19.0 Å². The lowest BCUT2D eigenvalue weighted by molar-refractivity contribution is 0.102. The molecule has 1 aromatic heterocycles. The molecule has 1 heterocycles. The number of pyridine rings is 1. The fourth-order valence-electron chi connectivity index (χ4n) is 2.98. The molecule has 0 aliphatic carbocycles. The van der Waals surface area contributed by atoms with Crippen LogP contribution in [0.5, 0.6) is 5.75 Å². The molecule has 0 atom stereocenters. The Hall–Kier alpha value is -3.34. The molecule has 3 rings (SSSR count). The predicted octanol–water partition coefficient (Wildman–Crippen LogP) is 5.08. The van der Waals surface area contributed by atoms with Crippen LogP contribution in [0.3, 0.4) is 0 Å². The molecule has 0 aliphatic rings. The van der Waals surface area contributed by atoms with Gasteiger partial charge in [-0.3, -0.25) is 4.79 Å². The Labute approximate surface area is 165 Å². The lowest BCUT2D eigenvalue weighted by atomic mass is 10.0. The number of nitrogens with one attached hydrogen (secondary N) is 2. The van der Waals surface area contributed by atoms with Gasteiger partial charge in [0.15, 0.2) is 0 Å². The number of methoxy groups -OCH3 is 1. The third-order valence-corrected chi connectivity index (χ3v) is 4.50. The van der Waals surface area contributed by atoms with E-state index in [1.165, 1.54) is 0 Å². The van der Waals surface area contributed by atoms with Gasteiger partial charge in [0.2, 0.25) is 0 Å². The summed E-state index contributed by atoms with van der Waals surface area (Å²) < 4.78 is 5.36. The van der Waals surface area contributed by atoms with E-state index in [-0.39, 0.29) is 5.91 Å². The normalized spacial score (nSPS) is 10.6. The summed E-state index contributed by atoms with van der Waals surface area (Å²) in [6.45, 7) is 4.82. The van der Waals surface area contributed by atoms with Gasteiger partial charge in [-0.15, -0.1) is 0 Å². The van der Waals surface area contributed by atoms with Crippen LogP contribution < -0.4 is 15.4 Å². The van der Waals surface area contributed by atoms with Gasteiger partial charge in [0.25, 0.3) is 5.91 Å². The average Bonchev–Trinajstić information content (AvgIpc) is 2.73. The second-order valence-electron chi connectivity index (χ2n) is 6.79. The number of carbonyl (C=O) groups excluding carboxylic acids is 1. The third kappa shape index (κ3) is 4.68. The number of anilines is 2. The van der Waals surface area contributed by atoms with Crippen LogP contribution in [0.1, 0.15) is 41.4 Å². The average molecular weight is 375 g/mol. The largest absolute Gasteiger partial charge is 0.496 e. The maximum atomic E-state index is 12.6. The molecule has 0 fully saturated rings. The number of nitrogens with zero attached hydrogens (tertiary/aromatic N) is 1. The summed E-state index contributed by atoms with van der Waals surface area (Å²) in [6, 6.07) is 19.3. The Balaban J connectivity index is 1.65. The number of rotatable bonds is 7. The summed E-state index contributed by atoms with van der Waals surface area (Å²) in [5, 5.41) is 6.26. The number of amides is 1. The minimum atomic E-state index is -0.218. The van der Waals surface area contributed by atoms with Crippen molar-refractivity contribution in [3.05, 3.63) is 83.7 Å². The standard InChI is InChI=1S/C23H25N3O2/c1-16(2)19-9-5-6-10-20(19)26-23(27)21-13-12-18(15-25-21)24-14-17-8-4-7-11-22(17)28-3/h4-13,15-16,24H,14H2,1-3H3,(H,26,27). The molecule has 0 saturated heterocycles. The van der Waals surface area contributed by atoms with E-state index in [4.69, 9.17) is 4.74 Å². The van der Waals surface area contributed by atoms with Crippen LogP contribution in [0.15, 0.2) is 66.9 Å². The van der Waals surface area contributed by atoms with E-state index in [0.717, 1.165) is 28.3 Å². The van der Waals surface area contributed by atoms with Gasteiger partial charge in [-0.1, -0.05) is 50.2 Å². The molecule has 3 aromatic rings. The molecule has 5 nitrogen and oxygen atoms in total. The first-order valence-corrected chi connectivity index (χ1v) is 9.30. The van der Waals surface area contributed by atoms with Crippen molar-refractivity contribution in [2.45, 2.75) is 26.3 Å². The van der Waals surface area contributed by atoms with Gasteiger partial charge in [-0.2, -0.15) is 0 Å². The second kappa shape index (κ2) is 9.04. The van der Waals surface area contributed by atoms with Gasteiger partial charge in [0, 0.05) is 17.8 Å². The molecule has 0 aliphatic heterocycles. The Kier molecular flexibility index (Phi) is 6.27. The minimum absolute atomic E-state index is 0.218. The smallest absolute Gasteiger partial charge is 0.274 e. The lowest BCUT2D eigenvalue weighted by Gasteiger charge is -2.13. The van der Waals surface area contributed by atoms with Crippen LogP contribution in [-0.2, 0) is 6.54 Å². The summed E-state index contributed by atoms with van der Waals surface area (Å²) in [6.07, 6.45) is 1.67. The molecule has 0 bridgehead atoms. The molecule has 144 valence electrons. The molecule has 2 aromatic carbocycles. The van der Waals surface area contributed by atoms with Crippen molar-refractivity contribution in [3.63, 3.8) is 0 Å². The van der Waals surface area contributed by atoms with E-state index in [1.54, 1.807) is 19.4 Å². The highest BCUT2D eigenvalue weighted by molar-refractivity contribution is 6.03. The fourth-order valence-corrected chi connectivity index (χ4v) is 2.98. The predicted molar refractivity (Wildman–Crippen MR) is 113 cm³/mol. The molecule has 5 heteroatoms. The molecule has 0 radical (unpaired) electrons. The number of hydrogen-bond donors (Lipinski definition) is 2. The van der Waals surface area contributed by atoms with Crippen LogP contribution in [0, 0.1) is 0 Å². The van der Waals surface area contributed by atoms with Crippen molar-refractivity contribution in [2.75, 3.05) is 17.7 Å². The molecule has 0 unspecified atom stereocenters. The first-order valence-electron chi connectivity index (χ1n) is 9.30. The van der Waals surface area contributed by atoms with Gasteiger partial charge < -0.3 is 15.4 Å². The van der Waals surface area contributed by atoms with Crippen LogP contribution in [-0.4, -0.2) is 18.0 Å². The number of para-hydroxylation sites is 2. The second-order valence-corrected chi connectivity index (χ2v) is 6.79. The molecule has 28 heavy (non-hydrogen) atoms. The van der Waals surface area contributed by atoms with E-state index >= 15 is 0 Å². The first-order chi connectivity index (χ1) is 13.6. The van der Waals surface area contributed by atoms with Gasteiger partial charge in [0.1, 0.15) is 11.4 Å². The molecular weight excluding hydrogens is 350 g/mol.